The van der Waals surface area contributed by atoms with Crippen LogP contribution in [0.15, 0.2) is 53.4 Å². The summed E-state index contributed by atoms with van der Waals surface area (Å²) in [5.74, 6) is -0.407. The van der Waals surface area contributed by atoms with E-state index >= 15 is 0 Å². The van der Waals surface area contributed by atoms with Gasteiger partial charge in [0.15, 0.2) is 0 Å². The molecule has 0 saturated heterocycles. The minimum atomic E-state index is -3.74. The molecule has 0 radical (unpaired) electrons. The van der Waals surface area contributed by atoms with Gasteiger partial charge in [0.2, 0.25) is 15.9 Å². The normalized spacial score (nSPS) is 12.6. The van der Waals surface area contributed by atoms with Gasteiger partial charge in [-0.3, -0.25) is 4.79 Å². The van der Waals surface area contributed by atoms with Crippen molar-refractivity contribution in [2.24, 2.45) is 0 Å². The van der Waals surface area contributed by atoms with Crippen LogP contribution in [0.1, 0.15) is 25.0 Å². The summed E-state index contributed by atoms with van der Waals surface area (Å²) in [7, 11) is -3.74. The van der Waals surface area contributed by atoms with Gasteiger partial charge in [-0.05, 0) is 50.1 Å². The van der Waals surface area contributed by atoms with Gasteiger partial charge >= 0.3 is 0 Å². The molecule has 2 aromatic rings. The first-order valence-electron chi connectivity index (χ1n) is 7.80. The minimum Gasteiger partial charge on any atom is -0.325 e. The highest BCUT2D eigenvalue weighted by atomic mass is 32.2. The highest BCUT2D eigenvalue weighted by Gasteiger charge is 2.22. The van der Waals surface area contributed by atoms with Gasteiger partial charge in [0.1, 0.15) is 0 Å². The molecule has 0 aromatic heterocycles. The van der Waals surface area contributed by atoms with Gasteiger partial charge in [-0.25, -0.2) is 8.42 Å². The maximum atomic E-state index is 12.3. The van der Waals surface area contributed by atoms with Crippen LogP contribution in [-0.4, -0.2) is 20.4 Å². The van der Waals surface area contributed by atoms with Gasteiger partial charge in [-0.1, -0.05) is 36.8 Å². The van der Waals surface area contributed by atoms with Crippen molar-refractivity contribution in [2.45, 2.75) is 38.1 Å². The molecule has 0 spiro atoms. The van der Waals surface area contributed by atoms with E-state index in [0.29, 0.717) is 5.69 Å². The van der Waals surface area contributed by atoms with Crippen molar-refractivity contribution in [2.75, 3.05) is 5.32 Å². The van der Waals surface area contributed by atoms with Gasteiger partial charge in [0.05, 0.1) is 10.9 Å². The molecule has 0 aliphatic heterocycles. The van der Waals surface area contributed by atoms with Crippen molar-refractivity contribution in [1.82, 2.24) is 4.72 Å². The Bertz CT molecular complexity index is 797. The van der Waals surface area contributed by atoms with Crippen LogP contribution in [-0.2, 0) is 21.2 Å². The minimum absolute atomic E-state index is 0.139. The lowest BCUT2D eigenvalue weighted by Crippen LogP contribution is -2.41. The van der Waals surface area contributed by atoms with Crippen LogP contribution in [0.2, 0.25) is 0 Å². The molecular formula is C18H22N2O3S. The molecule has 2 rings (SSSR count). The van der Waals surface area contributed by atoms with E-state index in [-0.39, 0.29) is 4.90 Å². The molecule has 1 atom stereocenters. The summed E-state index contributed by atoms with van der Waals surface area (Å²) in [5, 5.41) is 2.71. The lowest BCUT2D eigenvalue weighted by atomic mass is 10.1. The van der Waals surface area contributed by atoms with Gasteiger partial charge in [-0.2, -0.15) is 4.72 Å². The molecule has 5 nitrogen and oxygen atoms in total. The van der Waals surface area contributed by atoms with Crippen molar-refractivity contribution < 1.29 is 13.2 Å². The van der Waals surface area contributed by atoms with Crippen molar-refractivity contribution in [1.29, 1.82) is 0 Å². The first-order chi connectivity index (χ1) is 11.3. The van der Waals surface area contributed by atoms with E-state index in [0.717, 1.165) is 12.0 Å². The lowest BCUT2D eigenvalue weighted by molar-refractivity contribution is -0.117. The summed E-state index contributed by atoms with van der Waals surface area (Å²) in [5.41, 5.74) is 2.77. The molecule has 6 heteroatoms. The van der Waals surface area contributed by atoms with Crippen LogP contribution >= 0.6 is 0 Å². The summed E-state index contributed by atoms with van der Waals surface area (Å²) < 4.78 is 27.0. The molecular weight excluding hydrogens is 324 g/mol. The Morgan fingerprint density at radius 3 is 2.17 bits per heavy atom. The fourth-order valence-corrected chi connectivity index (χ4v) is 3.35. The highest BCUT2D eigenvalue weighted by Crippen LogP contribution is 2.12. The number of rotatable bonds is 6. The second-order valence-electron chi connectivity index (χ2n) is 5.70. The number of sulfonamides is 1. The molecule has 0 bridgehead atoms. The van der Waals surface area contributed by atoms with E-state index in [1.165, 1.54) is 24.6 Å². The van der Waals surface area contributed by atoms with Gasteiger partial charge < -0.3 is 5.32 Å². The molecule has 24 heavy (non-hydrogen) atoms. The van der Waals surface area contributed by atoms with E-state index in [2.05, 4.69) is 17.0 Å². The van der Waals surface area contributed by atoms with Crippen LogP contribution < -0.4 is 10.0 Å². The zero-order valence-electron chi connectivity index (χ0n) is 14.0. The summed E-state index contributed by atoms with van der Waals surface area (Å²) in [4.78, 5) is 12.3. The zero-order chi connectivity index (χ0) is 17.7. The standard InChI is InChI=1S/C18H22N2O3S/c1-4-15-7-9-16(10-8-15)19-18(21)14(3)20-24(22,23)17-11-5-13(2)6-12-17/h5-12,14,20H,4H2,1-3H3,(H,19,21). The Kier molecular flexibility index (Phi) is 5.75. The number of carbonyl (C=O) groups is 1. The fourth-order valence-electron chi connectivity index (χ4n) is 2.15. The maximum absolute atomic E-state index is 12.3. The third-order valence-electron chi connectivity index (χ3n) is 3.69. The van der Waals surface area contributed by atoms with Crippen molar-refractivity contribution in [3.63, 3.8) is 0 Å². The topological polar surface area (TPSA) is 75.3 Å². The smallest absolute Gasteiger partial charge is 0.242 e. The zero-order valence-corrected chi connectivity index (χ0v) is 14.9. The largest absolute Gasteiger partial charge is 0.325 e. The van der Waals surface area contributed by atoms with E-state index in [1.54, 1.807) is 24.3 Å². The summed E-state index contributed by atoms with van der Waals surface area (Å²) in [6, 6.07) is 13.0. The molecule has 0 aliphatic rings. The Morgan fingerprint density at radius 2 is 1.62 bits per heavy atom. The van der Waals surface area contributed by atoms with Gasteiger partial charge in [0, 0.05) is 5.69 Å². The average Bonchev–Trinajstić information content (AvgIpc) is 2.55. The monoisotopic (exact) mass is 346 g/mol. The van der Waals surface area contributed by atoms with Gasteiger partial charge in [-0.15, -0.1) is 0 Å². The Balaban J connectivity index is 2.03. The molecule has 0 heterocycles. The predicted molar refractivity (Wildman–Crippen MR) is 95.4 cm³/mol. The fraction of sp³-hybridized carbons (Fsp3) is 0.278. The summed E-state index contributed by atoms with van der Waals surface area (Å²) >= 11 is 0. The van der Waals surface area contributed by atoms with E-state index in [1.807, 2.05) is 19.1 Å². The van der Waals surface area contributed by atoms with E-state index < -0.39 is 22.0 Å². The third kappa shape index (κ3) is 4.66. The molecule has 0 fully saturated rings. The van der Waals surface area contributed by atoms with Gasteiger partial charge in [0.25, 0.3) is 0 Å². The number of amides is 1. The molecule has 1 unspecified atom stereocenters. The highest BCUT2D eigenvalue weighted by molar-refractivity contribution is 7.89. The number of hydrogen-bond donors (Lipinski definition) is 2. The summed E-state index contributed by atoms with van der Waals surface area (Å²) in [6.07, 6.45) is 0.918. The van der Waals surface area contributed by atoms with Crippen molar-refractivity contribution in [3.8, 4) is 0 Å². The number of aryl methyl sites for hydroxylation is 2. The predicted octanol–water partition coefficient (Wildman–Crippen LogP) is 2.86. The first kappa shape index (κ1) is 18.2. The summed E-state index contributed by atoms with van der Waals surface area (Å²) in [6.45, 7) is 5.45. The van der Waals surface area contributed by atoms with Crippen molar-refractivity contribution >= 4 is 21.6 Å². The lowest BCUT2D eigenvalue weighted by Gasteiger charge is -2.15. The SMILES string of the molecule is CCc1ccc(NC(=O)C(C)NS(=O)(=O)c2ccc(C)cc2)cc1. The average molecular weight is 346 g/mol. The number of hydrogen-bond acceptors (Lipinski definition) is 3. The Hall–Kier alpha value is -2.18. The van der Waals surface area contributed by atoms with Crippen molar-refractivity contribution in [3.05, 3.63) is 59.7 Å². The second-order valence-corrected chi connectivity index (χ2v) is 7.41. The Morgan fingerprint density at radius 1 is 1.04 bits per heavy atom. The molecule has 2 aromatic carbocycles. The number of anilines is 1. The first-order valence-corrected chi connectivity index (χ1v) is 9.29. The van der Waals surface area contributed by atoms with Crippen LogP contribution in [0.5, 0.6) is 0 Å². The third-order valence-corrected chi connectivity index (χ3v) is 5.24. The quantitative estimate of drug-likeness (QED) is 0.844. The number of nitrogens with one attached hydrogen (secondary N) is 2. The number of carbonyl (C=O) groups excluding carboxylic acids is 1. The molecule has 2 N–H and O–H groups in total. The van der Waals surface area contributed by atoms with E-state index in [9.17, 15) is 13.2 Å². The van der Waals surface area contributed by atoms with Crippen LogP contribution in [0.4, 0.5) is 5.69 Å². The van der Waals surface area contributed by atoms with Crippen LogP contribution in [0.3, 0.4) is 0 Å². The number of benzene rings is 2. The molecule has 1 amide bonds. The van der Waals surface area contributed by atoms with E-state index in [4.69, 9.17) is 0 Å². The molecule has 128 valence electrons. The Labute approximate surface area is 143 Å². The maximum Gasteiger partial charge on any atom is 0.242 e. The van der Waals surface area contributed by atoms with Crippen LogP contribution in [0.25, 0.3) is 0 Å². The van der Waals surface area contributed by atoms with Crippen LogP contribution in [0, 0.1) is 6.92 Å². The molecule has 0 saturated carbocycles. The molecule has 0 aliphatic carbocycles. The second kappa shape index (κ2) is 7.59.